The molecule has 1 heterocycles. The van der Waals surface area contributed by atoms with Gasteiger partial charge in [0.2, 0.25) is 5.95 Å². The molecule has 1 aromatic carbocycles. The molecule has 3 nitrogen and oxygen atoms in total. The Labute approximate surface area is 141 Å². The summed E-state index contributed by atoms with van der Waals surface area (Å²) < 4.78 is 31.5. The molecule has 0 bridgehead atoms. The number of hydrogen-bond acceptors (Lipinski definition) is 3. The van der Waals surface area contributed by atoms with Crippen molar-refractivity contribution in [3.05, 3.63) is 59.4 Å². The van der Waals surface area contributed by atoms with E-state index < -0.39 is 5.95 Å². The van der Waals surface area contributed by atoms with Crippen LogP contribution >= 0.6 is 0 Å². The van der Waals surface area contributed by atoms with Crippen LogP contribution < -0.4 is 10.1 Å². The Kier molecular flexibility index (Phi) is 5.09. The topological polar surface area (TPSA) is 34.1 Å². The molecule has 0 unspecified atom stereocenters. The van der Waals surface area contributed by atoms with Gasteiger partial charge in [0.05, 0.1) is 7.11 Å². The van der Waals surface area contributed by atoms with E-state index in [1.807, 2.05) is 6.07 Å². The molecule has 2 aromatic rings. The van der Waals surface area contributed by atoms with Gasteiger partial charge in [0, 0.05) is 18.3 Å². The van der Waals surface area contributed by atoms with Crippen LogP contribution in [-0.4, -0.2) is 18.1 Å². The molecular weight excluding hydrogens is 310 g/mol. The third-order valence-electron chi connectivity index (χ3n) is 4.82. The van der Waals surface area contributed by atoms with Crippen LogP contribution in [0.15, 0.2) is 36.5 Å². The minimum atomic E-state index is -0.440. The standard InChI is InChI=1S/C19H22F2N2O/c1-12(13-4-7-17(20)18(10-13)24-2)23-16-6-3-14(9-16)15-5-8-19(21)22-11-15/h4-5,7-8,10-12,14,16,23H,3,6,9H2,1-2H3/t12-,14-,16+/m1/s1. The van der Waals surface area contributed by atoms with Crippen LogP contribution in [0.4, 0.5) is 8.78 Å². The van der Waals surface area contributed by atoms with Gasteiger partial charge in [-0.1, -0.05) is 12.1 Å². The van der Waals surface area contributed by atoms with Crippen LogP contribution in [0.3, 0.4) is 0 Å². The van der Waals surface area contributed by atoms with E-state index in [9.17, 15) is 8.78 Å². The Morgan fingerprint density at radius 2 is 2.04 bits per heavy atom. The quantitative estimate of drug-likeness (QED) is 0.826. The molecule has 0 spiro atoms. The molecule has 1 aromatic heterocycles. The van der Waals surface area contributed by atoms with E-state index in [0.29, 0.717) is 12.0 Å². The first-order chi connectivity index (χ1) is 11.6. The fourth-order valence-corrected chi connectivity index (χ4v) is 3.46. The van der Waals surface area contributed by atoms with Gasteiger partial charge in [0.25, 0.3) is 0 Å². The summed E-state index contributed by atoms with van der Waals surface area (Å²) in [5.41, 5.74) is 2.09. The number of rotatable bonds is 5. The average molecular weight is 332 g/mol. The van der Waals surface area contributed by atoms with Crippen molar-refractivity contribution in [2.45, 2.75) is 44.2 Å². The zero-order valence-electron chi connectivity index (χ0n) is 13.9. The van der Waals surface area contributed by atoms with Gasteiger partial charge in [-0.25, -0.2) is 9.37 Å². The lowest BCUT2D eigenvalue weighted by atomic mass is 9.99. The Morgan fingerprint density at radius 3 is 2.75 bits per heavy atom. The van der Waals surface area contributed by atoms with Gasteiger partial charge in [0.15, 0.2) is 11.6 Å². The summed E-state index contributed by atoms with van der Waals surface area (Å²) in [6.45, 7) is 2.07. The minimum Gasteiger partial charge on any atom is -0.494 e. The molecule has 0 saturated heterocycles. The number of hydrogen-bond donors (Lipinski definition) is 1. The highest BCUT2D eigenvalue weighted by molar-refractivity contribution is 5.32. The van der Waals surface area contributed by atoms with Crippen LogP contribution in [0.5, 0.6) is 5.75 Å². The molecule has 1 aliphatic carbocycles. The van der Waals surface area contributed by atoms with Crippen LogP contribution in [0.2, 0.25) is 0 Å². The van der Waals surface area contributed by atoms with E-state index in [2.05, 4.69) is 17.2 Å². The Balaban J connectivity index is 1.61. The van der Waals surface area contributed by atoms with Crippen molar-refractivity contribution in [2.24, 2.45) is 0 Å². The van der Waals surface area contributed by atoms with Crippen molar-refractivity contribution < 1.29 is 13.5 Å². The molecule has 3 rings (SSSR count). The number of benzene rings is 1. The maximum Gasteiger partial charge on any atom is 0.212 e. The molecule has 0 amide bonds. The summed E-state index contributed by atoms with van der Waals surface area (Å²) in [5, 5.41) is 3.60. The molecule has 0 radical (unpaired) electrons. The number of pyridine rings is 1. The largest absolute Gasteiger partial charge is 0.494 e. The monoisotopic (exact) mass is 332 g/mol. The first-order valence-corrected chi connectivity index (χ1v) is 8.27. The van der Waals surface area contributed by atoms with Crippen molar-refractivity contribution in [3.63, 3.8) is 0 Å². The van der Waals surface area contributed by atoms with Crippen molar-refractivity contribution in [1.29, 1.82) is 0 Å². The predicted molar refractivity (Wildman–Crippen MR) is 89.1 cm³/mol. The zero-order valence-corrected chi connectivity index (χ0v) is 13.9. The highest BCUT2D eigenvalue weighted by Crippen LogP contribution is 2.35. The SMILES string of the molecule is COc1cc([C@@H](C)N[C@H]2CC[C@@H](c3ccc(F)nc3)C2)ccc1F. The highest BCUT2D eigenvalue weighted by atomic mass is 19.1. The minimum absolute atomic E-state index is 0.106. The first-order valence-electron chi connectivity index (χ1n) is 8.27. The summed E-state index contributed by atoms with van der Waals surface area (Å²) >= 11 is 0. The summed E-state index contributed by atoms with van der Waals surface area (Å²) in [6, 6.07) is 8.69. The third kappa shape index (κ3) is 3.73. The first kappa shape index (κ1) is 16.8. The molecule has 1 saturated carbocycles. The van der Waals surface area contributed by atoms with Crippen molar-refractivity contribution in [1.82, 2.24) is 10.3 Å². The Morgan fingerprint density at radius 1 is 1.21 bits per heavy atom. The van der Waals surface area contributed by atoms with Crippen molar-refractivity contribution in [2.75, 3.05) is 7.11 Å². The van der Waals surface area contributed by atoms with Gasteiger partial charge >= 0.3 is 0 Å². The van der Waals surface area contributed by atoms with E-state index in [4.69, 9.17) is 4.74 Å². The Hall–Kier alpha value is -2.01. The smallest absolute Gasteiger partial charge is 0.212 e. The third-order valence-corrected chi connectivity index (χ3v) is 4.82. The number of methoxy groups -OCH3 is 1. The average Bonchev–Trinajstić information content (AvgIpc) is 3.04. The van der Waals surface area contributed by atoms with Gasteiger partial charge in [-0.2, -0.15) is 4.39 Å². The number of halogens is 2. The van der Waals surface area contributed by atoms with Crippen LogP contribution in [0, 0.1) is 11.8 Å². The number of nitrogens with zero attached hydrogens (tertiary/aromatic N) is 1. The van der Waals surface area contributed by atoms with Gasteiger partial charge in [-0.15, -0.1) is 0 Å². The van der Waals surface area contributed by atoms with Crippen LogP contribution in [0.1, 0.15) is 49.3 Å². The molecule has 1 N–H and O–H groups in total. The van der Waals surface area contributed by atoms with Gasteiger partial charge in [-0.05, 0) is 61.4 Å². The fourth-order valence-electron chi connectivity index (χ4n) is 3.46. The van der Waals surface area contributed by atoms with Crippen molar-refractivity contribution in [3.8, 4) is 5.75 Å². The molecule has 1 fully saturated rings. The summed E-state index contributed by atoms with van der Waals surface area (Å²) in [4.78, 5) is 3.75. The maximum absolute atomic E-state index is 13.5. The fraction of sp³-hybridized carbons (Fsp3) is 0.421. The summed E-state index contributed by atoms with van der Waals surface area (Å²) in [6.07, 6.45) is 4.75. The van der Waals surface area contributed by atoms with Crippen LogP contribution in [-0.2, 0) is 0 Å². The zero-order chi connectivity index (χ0) is 17.1. The molecular formula is C19H22F2N2O. The number of aromatic nitrogens is 1. The molecule has 1 aliphatic rings. The maximum atomic E-state index is 13.5. The van der Waals surface area contributed by atoms with E-state index >= 15 is 0 Å². The second-order valence-electron chi connectivity index (χ2n) is 6.40. The second kappa shape index (κ2) is 7.26. The van der Waals surface area contributed by atoms with E-state index in [-0.39, 0.29) is 17.6 Å². The van der Waals surface area contributed by atoms with E-state index in [0.717, 1.165) is 30.4 Å². The molecule has 24 heavy (non-hydrogen) atoms. The second-order valence-corrected chi connectivity index (χ2v) is 6.40. The lowest BCUT2D eigenvalue weighted by Crippen LogP contribution is -2.29. The number of ether oxygens (including phenoxy) is 1. The summed E-state index contributed by atoms with van der Waals surface area (Å²) in [5.74, 6) is -0.114. The highest BCUT2D eigenvalue weighted by Gasteiger charge is 2.27. The molecule has 0 aliphatic heterocycles. The predicted octanol–water partition coefficient (Wildman–Crippen LogP) is 4.36. The van der Waals surface area contributed by atoms with Crippen LogP contribution in [0.25, 0.3) is 0 Å². The molecule has 128 valence electrons. The lowest BCUT2D eigenvalue weighted by Gasteiger charge is -2.21. The van der Waals surface area contributed by atoms with Gasteiger partial charge < -0.3 is 10.1 Å². The molecule has 5 heteroatoms. The molecule has 3 atom stereocenters. The lowest BCUT2D eigenvalue weighted by molar-refractivity contribution is 0.384. The van der Waals surface area contributed by atoms with Gasteiger partial charge in [0.1, 0.15) is 0 Å². The number of nitrogens with one attached hydrogen (secondary N) is 1. The summed E-state index contributed by atoms with van der Waals surface area (Å²) in [7, 11) is 1.47. The normalized spacial score (nSPS) is 21.7. The van der Waals surface area contributed by atoms with Crippen molar-refractivity contribution >= 4 is 0 Å². The van der Waals surface area contributed by atoms with Gasteiger partial charge in [-0.3, -0.25) is 0 Å². The Bertz CT molecular complexity index is 690. The van der Waals surface area contributed by atoms with E-state index in [1.54, 1.807) is 18.3 Å². The van der Waals surface area contributed by atoms with E-state index in [1.165, 1.54) is 19.2 Å².